The van der Waals surface area contributed by atoms with Crippen molar-refractivity contribution in [3.8, 4) is 11.4 Å². The van der Waals surface area contributed by atoms with E-state index in [0.717, 1.165) is 22.4 Å². The maximum Gasteiger partial charge on any atom is 0.248 e. The first-order valence-electron chi connectivity index (χ1n) is 8.51. The summed E-state index contributed by atoms with van der Waals surface area (Å²) in [4.78, 5) is 20.6. The number of nitrogen functional groups attached to an aromatic ring is 1. The zero-order chi connectivity index (χ0) is 19.5. The Bertz CT molecular complexity index is 1220. The first kappa shape index (κ1) is 17.4. The molecule has 0 bridgehead atoms. The van der Waals surface area contributed by atoms with E-state index >= 15 is 0 Å². The molecule has 138 valence electrons. The number of rotatable bonds is 3. The van der Waals surface area contributed by atoms with E-state index in [4.69, 9.17) is 28.1 Å². The van der Waals surface area contributed by atoms with Crippen molar-refractivity contribution in [1.29, 1.82) is 0 Å². The number of benzene rings is 1. The summed E-state index contributed by atoms with van der Waals surface area (Å²) in [5.41, 5.74) is 14.9. The van der Waals surface area contributed by atoms with E-state index in [1.54, 1.807) is 24.4 Å². The van der Waals surface area contributed by atoms with Crippen molar-refractivity contribution in [2.75, 3.05) is 5.73 Å². The van der Waals surface area contributed by atoms with Gasteiger partial charge in [0.1, 0.15) is 22.9 Å². The summed E-state index contributed by atoms with van der Waals surface area (Å²) in [5.74, 6) is 0.945. The number of hydrogen-bond acceptors (Lipinski definition) is 4. The van der Waals surface area contributed by atoms with E-state index in [9.17, 15) is 4.79 Å². The van der Waals surface area contributed by atoms with Crippen LogP contribution in [-0.4, -0.2) is 24.8 Å². The summed E-state index contributed by atoms with van der Waals surface area (Å²) >= 11 is 6.72. The Morgan fingerprint density at radius 2 is 2.04 bits per heavy atom. The van der Waals surface area contributed by atoms with E-state index in [2.05, 4.69) is 18.8 Å². The summed E-state index contributed by atoms with van der Waals surface area (Å²) in [7, 11) is 1.88. The van der Waals surface area contributed by atoms with Crippen LogP contribution < -0.4 is 11.5 Å². The Labute approximate surface area is 160 Å². The Kier molecular flexibility index (Phi) is 3.85. The van der Waals surface area contributed by atoms with Crippen molar-refractivity contribution in [3.05, 3.63) is 47.0 Å². The number of imidazole rings is 1. The Balaban J connectivity index is 2.10. The molecule has 0 fully saturated rings. The SMILES string of the molecule is CC(C)c1nc(-c2c(Cl)c3ccc(C(N)=O)cc3n2C)c2c(N)nccn12. The van der Waals surface area contributed by atoms with Gasteiger partial charge in [0.25, 0.3) is 0 Å². The van der Waals surface area contributed by atoms with E-state index in [1.165, 1.54) is 0 Å². The molecule has 0 aliphatic heterocycles. The number of carbonyl (C=O) groups is 1. The maximum absolute atomic E-state index is 11.6. The van der Waals surface area contributed by atoms with Crippen LogP contribution in [0.15, 0.2) is 30.6 Å². The number of primary amides is 1. The van der Waals surface area contributed by atoms with Crippen LogP contribution in [0.3, 0.4) is 0 Å². The molecule has 3 heterocycles. The third-order valence-corrected chi connectivity index (χ3v) is 5.16. The van der Waals surface area contributed by atoms with Crippen LogP contribution in [0.5, 0.6) is 0 Å². The van der Waals surface area contributed by atoms with Crippen molar-refractivity contribution in [2.24, 2.45) is 12.8 Å². The first-order valence-corrected chi connectivity index (χ1v) is 8.89. The highest BCUT2D eigenvalue weighted by Crippen LogP contribution is 2.40. The molecule has 0 atom stereocenters. The minimum Gasteiger partial charge on any atom is -0.382 e. The lowest BCUT2D eigenvalue weighted by Gasteiger charge is -2.05. The van der Waals surface area contributed by atoms with Gasteiger partial charge in [0.2, 0.25) is 5.91 Å². The lowest BCUT2D eigenvalue weighted by Crippen LogP contribution is -2.10. The van der Waals surface area contributed by atoms with Gasteiger partial charge >= 0.3 is 0 Å². The molecule has 0 aliphatic rings. The highest BCUT2D eigenvalue weighted by atomic mass is 35.5. The van der Waals surface area contributed by atoms with Crippen LogP contribution in [0, 0.1) is 0 Å². The summed E-state index contributed by atoms with van der Waals surface area (Å²) < 4.78 is 3.86. The fraction of sp³-hybridized carbons (Fsp3) is 0.211. The molecule has 8 heteroatoms. The van der Waals surface area contributed by atoms with Crippen LogP contribution in [0.25, 0.3) is 27.8 Å². The number of amides is 1. The van der Waals surface area contributed by atoms with E-state index in [-0.39, 0.29) is 5.92 Å². The molecular weight excluding hydrogens is 364 g/mol. The Morgan fingerprint density at radius 1 is 1.30 bits per heavy atom. The van der Waals surface area contributed by atoms with Gasteiger partial charge in [0.05, 0.1) is 16.2 Å². The average molecular weight is 383 g/mol. The van der Waals surface area contributed by atoms with Gasteiger partial charge in [-0.25, -0.2) is 9.97 Å². The molecule has 7 nitrogen and oxygen atoms in total. The second-order valence-corrected chi connectivity index (χ2v) is 7.20. The molecule has 0 unspecified atom stereocenters. The monoisotopic (exact) mass is 382 g/mol. The lowest BCUT2D eigenvalue weighted by molar-refractivity contribution is 0.100. The highest BCUT2D eigenvalue weighted by Gasteiger charge is 2.24. The predicted octanol–water partition coefficient (Wildman–Crippen LogP) is 3.35. The quantitative estimate of drug-likeness (QED) is 0.566. The molecular formula is C19H19ClN6O. The molecule has 0 spiro atoms. The third-order valence-electron chi connectivity index (χ3n) is 4.77. The second-order valence-electron chi connectivity index (χ2n) is 6.82. The van der Waals surface area contributed by atoms with Crippen molar-refractivity contribution in [1.82, 2.24) is 18.9 Å². The summed E-state index contributed by atoms with van der Waals surface area (Å²) in [6, 6.07) is 5.20. The normalized spacial score (nSPS) is 11.7. The molecule has 0 radical (unpaired) electrons. The predicted molar refractivity (Wildman–Crippen MR) is 107 cm³/mol. The summed E-state index contributed by atoms with van der Waals surface area (Å²) in [5, 5.41) is 1.36. The molecule has 4 rings (SSSR count). The number of anilines is 1. The lowest BCUT2D eigenvalue weighted by atomic mass is 10.1. The van der Waals surface area contributed by atoms with E-state index in [0.29, 0.717) is 27.6 Å². The molecule has 3 aromatic heterocycles. The average Bonchev–Trinajstić information content (AvgIpc) is 3.12. The number of fused-ring (bicyclic) bond motifs is 2. The molecule has 1 aromatic carbocycles. The van der Waals surface area contributed by atoms with Gasteiger partial charge in [-0.05, 0) is 12.1 Å². The van der Waals surface area contributed by atoms with Crippen LogP contribution in [-0.2, 0) is 7.05 Å². The van der Waals surface area contributed by atoms with Gasteiger partial charge in [0, 0.05) is 36.3 Å². The molecule has 4 N–H and O–H groups in total. The van der Waals surface area contributed by atoms with Gasteiger partial charge in [-0.3, -0.25) is 9.20 Å². The fourth-order valence-corrected chi connectivity index (χ4v) is 3.84. The number of aromatic nitrogens is 4. The largest absolute Gasteiger partial charge is 0.382 e. The van der Waals surface area contributed by atoms with Gasteiger partial charge in [-0.2, -0.15) is 0 Å². The summed E-state index contributed by atoms with van der Waals surface area (Å²) in [6.07, 6.45) is 3.50. The van der Waals surface area contributed by atoms with Gasteiger partial charge in [0.15, 0.2) is 0 Å². The first-order chi connectivity index (χ1) is 12.8. The van der Waals surface area contributed by atoms with Crippen LogP contribution in [0.2, 0.25) is 5.02 Å². The number of aryl methyl sites for hydroxylation is 1. The number of nitrogens with two attached hydrogens (primary N) is 2. The topological polar surface area (TPSA) is 104 Å². The van der Waals surface area contributed by atoms with Gasteiger partial charge in [-0.15, -0.1) is 0 Å². The number of hydrogen-bond donors (Lipinski definition) is 2. The highest BCUT2D eigenvalue weighted by molar-refractivity contribution is 6.38. The second kappa shape index (κ2) is 5.99. The van der Waals surface area contributed by atoms with Gasteiger partial charge in [-0.1, -0.05) is 31.5 Å². The fourth-order valence-electron chi connectivity index (χ4n) is 3.47. The van der Waals surface area contributed by atoms with Crippen LogP contribution in [0.1, 0.15) is 35.9 Å². The van der Waals surface area contributed by atoms with Crippen molar-refractivity contribution in [3.63, 3.8) is 0 Å². The van der Waals surface area contributed by atoms with E-state index in [1.807, 2.05) is 22.2 Å². The minimum absolute atomic E-state index is 0.183. The zero-order valence-corrected chi connectivity index (χ0v) is 15.9. The van der Waals surface area contributed by atoms with Crippen molar-refractivity contribution < 1.29 is 4.79 Å². The zero-order valence-electron chi connectivity index (χ0n) is 15.2. The molecule has 1 amide bonds. The molecule has 27 heavy (non-hydrogen) atoms. The number of halogens is 1. The molecule has 0 aliphatic carbocycles. The molecule has 0 saturated carbocycles. The maximum atomic E-state index is 11.6. The van der Waals surface area contributed by atoms with Crippen molar-refractivity contribution >= 4 is 39.7 Å². The van der Waals surface area contributed by atoms with Gasteiger partial charge < -0.3 is 16.0 Å². The smallest absolute Gasteiger partial charge is 0.248 e. The molecule has 4 aromatic rings. The Morgan fingerprint density at radius 3 is 2.70 bits per heavy atom. The number of carbonyl (C=O) groups excluding carboxylic acids is 1. The van der Waals surface area contributed by atoms with Crippen LogP contribution in [0.4, 0.5) is 5.82 Å². The number of nitrogens with zero attached hydrogens (tertiary/aromatic N) is 4. The van der Waals surface area contributed by atoms with Crippen molar-refractivity contribution in [2.45, 2.75) is 19.8 Å². The third kappa shape index (κ3) is 2.46. The molecule has 0 saturated heterocycles. The summed E-state index contributed by atoms with van der Waals surface area (Å²) in [6.45, 7) is 4.13. The van der Waals surface area contributed by atoms with E-state index < -0.39 is 5.91 Å². The van der Waals surface area contributed by atoms with Crippen LogP contribution >= 0.6 is 11.6 Å². The minimum atomic E-state index is -0.487. The Hall–Kier alpha value is -3.06. The standard InChI is InChI=1S/C19H19ClN6O/c1-9(2)19-24-14(16-17(21)23-6-7-26(16)19)15-13(20)11-5-4-10(18(22)27)8-12(11)25(15)3/h4-9H,1-3H3,(H2,21,23)(H2,22,27).